The first-order valence-electron chi connectivity index (χ1n) is 6.37. The zero-order valence-electron chi connectivity index (χ0n) is 11.3. The standard InChI is InChI=1S/C15H14BrClN2O2/c1-18-15(13-9-11(17)4-7-14(13)16)8-10-2-5-12(6-3-10)19(20)21/h2-7,9,15,18H,8H2,1H3. The van der Waals surface area contributed by atoms with E-state index in [9.17, 15) is 10.1 Å². The predicted octanol–water partition coefficient (Wildman–Crippen LogP) is 4.51. The van der Waals surface area contributed by atoms with Crippen LogP contribution in [0, 0.1) is 10.1 Å². The average Bonchev–Trinajstić information content (AvgIpc) is 2.48. The fourth-order valence-corrected chi connectivity index (χ4v) is 2.84. The van der Waals surface area contributed by atoms with Crippen LogP contribution in [-0.2, 0) is 6.42 Å². The van der Waals surface area contributed by atoms with Gasteiger partial charge in [-0.1, -0.05) is 39.7 Å². The number of nitrogens with zero attached hydrogens (tertiary/aromatic N) is 1. The summed E-state index contributed by atoms with van der Waals surface area (Å²) in [6, 6.07) is 12.3. The van der Waals surface area contributed by atoms with Gasteiger partial charge in [0.25, 0.3) is 5.69 Å². The smallest absolute Gasteiger partial charge is 0.269 e. The molecule has 1 unspecified atom stereocenters. The van der Waals surface area contributed by atoms with Crippen molar-refractivity contribution in [3.8, 4) is 0 Å². The van der Waals surface area contributed by atoms with Gasteiger partial charge in [0.15, 0.2) is 0 Å². The van der Waals surface area contributed by atoms with Gasteiger partial charge >= 0.3 is 0 Å². The summed E-state index contributed by atoms with van der Waals surface area (Å²) < 4.78 is 0.980. The van der Waals surface area contributed by atoms with Gasteiger partial charge in [-0.3, -0.25) is 10.1 Å². The molecule has 21 heavy (non-hydrogen) atoms. The van der Waals surface area contributed by atoms with Gasteiger partial charge in [-0.05, 0) is 42.8 Å². The van der Waals surface area contributed by atoms with Crippen LogP contribution in [-0.4, -0.2) is 12.0 Å². The second-order valence-corrected chi connectivity index (χ2v) is 5.93. The zero-order chi connectivity index (χ0) is 15.4. The van der Waals surface area contributed by atoms with E-state index in [4.69, 9.17) is 11.6 Å². The Morgan fingerprint density at radius 3 is 2.52 bits per heavy atom. The third kappa shape index (κ3) is 4.03. The van der Waals surface area contributed by atoms with E-state index in [1.807, 2.05) is 25.2 Å². The minimum Gasteiger partial charge on any atom is -0.313 e. The highest BCUT2D eigenvalue weighted by Gasteiger charge is 2.14. The molecule has 0 aliphatic carbocycles. The average molecular weight is 370 g/mol. The van der Waals surface area contributed by atoms with E-state index in [0.717, 1.165) is 15.6 Å². The molecule has 2 aromatic carbocycles. The molecule has 2 rings (SSSR count). The maximum absolute atomic E-state index is 10.7. The van der Waals surface area contributed by atoms with Crippen molar-refractivity contribution in [2.24, 2.45) is 0 Å². The fraction of sp³-hybridized carbons (Fsp3) is 0.200. The number of benzene rings is 2. The van der Waals surface area contributed by atoms with E-state index < -0.39 is 4.92 Å². The van der Waals surface area contributed by atoms with Crippen LogP contribution < -0.4 is 5.32 Å². The van der Waals surface area contributed by atoms with E-state index in [1.54, 1.807) is 12.1 Å². The van der Waals surface area contributed by atoms with Crippen molar-refractivity contribution < 1.29 is 4.92 Å². The second-order valence-electron chi connectivity index (χ2n) is 4.63. The normalized spacial score (nSPS) is 12.1. The molecule has 110 valence electrons. The first kappa shape index (κ1) is 15.9. The Morgan fingerprint density at radius 1 is 1.29 bits per heavy atom. The van der Waals surface area contributed by atoms with Crippen LogP contribution in [0.4, 0.5) is 5.69 Å². The number of hydrogen-bond acceptors (Lipinski definition) is 3. The molecular weight excluding hydrogens is 356 g/mol. The van der Waals surface area contributed by atoms with Crippen molar-refractivity contribution in [3.63, 3.8) is 0 Å². The highest BCUT2D eigenvalue weighted by atomic mass is 79.9. The van der Waals surface area contributed by atoms with Gasteiger partial charge in [-0.2, -0.15) is 0 Å². The minimum absolute atomic E-state index is 0.0690. The monoisotopic (exact) mass is 368 g/mol. The summed E-state index contributed by atoms with van der Waals surface area (Å²) in [4.78, 5) is 10.3. The van der Waals surface area contributed by atoms with Gasteiger partial charge in [0.05, 0.1) is 4.92 Å². The van der Waals surface area contributed by atoms with Crippen LogP contribution in [0.2, 0.25) is 5.02 Å². The van der Waals surface area contributed by atoms with Crippen molar-refractivity contribution in [2.75, 3.05) is 7.05 Å². The Bertz CT molecular complexity index is 647. The highest BCUT2D eigenvalue weighted by Crippen LogP contribution is 2.29. The summed E-state index contributed by atoms with van der Waals surface area (Å²) in [5, 5.41) is 14.6. The SMILES string of the molecule is CNC(Cc1ccc([N+](=O)[O-])cc1)c1cc(Cl)ccc1Br. The van der Waals surface area contributed by atoms with Gasteiger partial charge < -0.3 is 5.32 Å². The number of nitrogens with one attached hydrogen (secondary N) is 1. The number of likely N-dealkylation sites (N-methyl/N-ethyl adjacent to an activating group) is 1. The number of hydrogen-bond donors (Lipinski definition) is 1. The summed E-state index contributed by atoms with van der Waals surface area (Å²) >= 11 is 9.58. The molecule has 0 aliphatic heterocycles. The van der Waals surface area contributed by atoms with Gasteiger partial charge in [0, 0.05) is 27.7 Å². The van der Waals surface area contributed by atoms with Crippen LogP contribution in [0.5, 0.6) is 0 Å². The van der Waals surface area contributed by atoms with Gasteiger partial charge in [-0.15, -0.1) is 0 Å². The third-order valence-corrected chi connectivity index (χ3v) is 4.23. The lowest BCUT2D eigenvalue weighted by molar-refractivity contribution is -0.384. The minimum atomic E-state index is -0.396. The van der Waals surface area contributed by atoms with Gasteiger partial charge in [-0.25, -0.2) is 0 Å². The summed E-state index contributed by atoms with van der Waals surface area (Å²) in [7, 11) is 1.88. The van der Waals surface area contributed by atoms with Crippen LogP contribution >= 0.6 is 27.5 Å². The fourth-order valence-electron chi connectivity index (χ4n) is 2.14. The predicted molar refractivity (Wildman–Crippen MR) is 87.8 cm³/mol. The summed E-state index contributed by atoms with van der Waals surface area (Å²) in [5.41, 5.74) is 2.18. The number of nitro groups is 1. The Kier molecular flexibility index (Phi) is 5.33. The molecule has 2 aromatic rings. The Hall–Kier alpha value is -1.43. The van der Waals surface area contributed by atoms with E-state index in [-0.39, 0.29) is 11.7 Å². The molecule has 0 radical (unpaired) electrons. The number of nitro benzene ring substituents is 1. The molecule has 0 aliphatic rings. The van der Waals surface area contributed by atoms with Gasteiger partial charge in [0.2, 0.25) is 0 Å². The molecule has 1 atom stereocenters. The summed E-state index contributed by atoms with van der Waals surface area (Å²) in [6.07, 6.45) is 0.716. The van der Waals surface area contributed by atoms with Crippen molar-refractivity contribution in [1.82, 2.24) is 5.32 Å². The van der Waals surface area contributed by atoms with Gasteiger partial charge in [0.1, 0.15) is 0 Å². The zero-order valence-corrected chi connectivity index (χ0v) is 13.7. The molecule has 0 bridgehead atoms. The van der Waals surface area contributed by atoms with Crippen molar-refractivity contribution in [1.29, 1.82) is 0 Å². The van der Waals surface area contributed by atoms with E-state index in [2.05, 4.69) is 21.2 Å². The molecule has 6 heteroatoms. The lowest BCUT2D eigenvalue weighted by Crippen LogP contribution is -2.19. The molecule has 1 N–H and O–H groups in total. The van der Waals surface area contributed by atoms with Crippen LogP contribution in [0.25, 0.3) is 0 Å². The Morgan fingerprint density at radius 2 is 1.95 bits per heavy atom. The Balaban J connectivity index is 2.22. The maximum atomic E-state index is 10.7. The van der Waals surface area contributed by atoms with Crippen LogP contribution in [0.3, 0.4) is 0 Å². The number of non-ortho nitro benzene ring substituents is 1. The molecule has 0 aromatic heterocycles. The van der Waals surface area contributed by atoms with Crippen molar-refractivity contribution >= 4 is 33.2 Å². The summed E-state index contributed by atoms with van der Waals surface area (Å²) in [6.45, 7) is 0. The summed E-state index contributed by atoms with van der Waals surface area (Å²) in [5.74, 6) is 0. The molecule has 0 fully saturated rings. The largest absolute Gasteiger partial charge is 0.313 e. The molecule has 4 nitrogen and oxygen atoms in total. The molecule has 0 saturated heterocycles. The number of rotatable bonds is 5. The maximum Gasteiger partial charge on any atom is 0.269 e. The van der Waals surface area contributed by atoms with Crippen molar-refractivity contribution in [2.45, 2.75) is 12.5 Å². The molecule has 0 saturated carbocycles. The second kappa shape index (κ2) is 7.02. The van der Waals surface area contributed by atoms with E-state index in [0.29, 0.717) is 11.4 Å². The number of halogens is 2. The van der Waals surface area contributed by atoms with Crippen molar-refractivity contribution in [3.05, 3.63) is 73.2 Å². The first-order valence-corrected chi connectivity index (χ1v) is 7.54. The molecule has 0 heterocycles. The third-order valence-electron chi connectivity index (χ3n) is 3.27. The van der Waals surface area contributed by atoms with E-state index >= 15 is 0 Å². The topological polar surface area (TPSA) is 55.2 Å². The lowest BCUT2D eigenvalue weighted by Gasteiger charge is -2.18. The van der Waals surface area contributed by atoms with Crippen LogP contribution in [0.15, 0.2) is 46.9 Å². The van der Waals surface area contributed by atoms with E-state index in [1.165, 1.54) is 12.1 Å². The Labute approximate surface area is 136 Å². The molecule has 0 spiro atoms. The lowest BCUT2D eigenvalue weighted by atomic mass is 9.99. The quantitative estimate of drug-likeness (QED) is 0.623. The molecular formula is C15H14BrClN2O2. The van der Waals surface area contributed by atoms with Crippen LogP contribution in [0.1, 0.15) is 17.2 Å². The highest BCUT2D eigenvalue weighted by molar-refractivity contribution is 9.10. The molecule has 0 amide bonds. The first-order chi connectivity index (χ1) is 10.0.